The maximum atomic E-state index is 12.8. The topological polar surface area (TPSA) is 20.3 Å². The number of carbonyl (C=O) groups excluding carboxylic acids is 1. The van der Waals surface area contributed by atoms with Crippen molar-refractivity contribution in [2.24, 2.45) is 0 Å². The number of anilines is 1. The van der Waals surface area contributed by atoms with Crippen LogP contribution >= 0.6 is 0 Å². The van der Waals surface area contributed by atoms with Crippen molar-refractivity contribution >= 4 is 22.4 Å². The lowest BCUT2D eigenvalue weighted by molar-refractivity contribution is -0.114. The van der Waals surface area contributed by atoms with Crippen LogP contribution in [-0.4, -0.2) is 11.9 Å². The minimum absolute atomic E-state index is 0.0644. The predicted octanol–water partition coefficient (Wildman–Crippen LogP) is 4.45. The molecule has 116 valence electrons. The van der Waals surface area contributed by atoms with Gasteiger partial charge in [0.2, 0.25) is 0 Å². The van der Waals surface area contributed by atoms with Crippen LogP contribution in [0.4, 0.5) is 5.69 Å². The Morgan fingerprint density at radius 2 is 1.67 bits per heavy atom. The minimum Gasteiger partial charge on any atom is -0.304 e. The molecule has 2 aliphatic rings. The third-order valence-electron chi connectivity index (χ3n) is 5.40. The van der Waals surface area contributed by atoms with Crippen LogP contribution in [0.5, 0.6) is 0 Å². The van der Waals surface area contributed by atoms with Gasteiger partial charge in [0.25, 0.3) is 5.91 Å². The second-order valence-electron chi connectivity index (χ2n) is 6.68. The van der Waals surface area contributed by atoms with Gasteiger partial charge >= 0.3 is 0 Å². The summed E-state index contributed by atoms with van der Waals surface area (Å²) in [5, 5.41) is 2.44. The van der Waals surface area contributed by atoms with Crippen molar-refractivity contribution < 1.29 is 4.79 Å². The smallest absolute Gasteiger partial charge is 0.254 e. The fourth-order valence-electron chi connectivity index (χ4n) is 4.29. The summed E-state index contributed by atoms with van der Waals surface area (Å²) >= 11 is 0. The minimum atomic E-state index is 0.0644. The lowest BCUT2D eigenvalue weighted by Gasteiger charge is -2.21. The molecule has 5 rings (SSSR count). The Morgan fingerprint density at radius 1 is 0.917 bits per heavy atom. The van der Waals surface area contributed by atoms with E-state index in [9.17, 15) is 4.79 Å². The van der Waals surface area contributed by atoms with E-state index in [1.165, 1.54) is 21.9 Å². The zero-order chi connectivity index (χ0) is 16.3. The van der Waals surface area contributed by atoms with Crippen molar-refractivity contribution in [3.8, 4) is 0 Å². The molecular formula is C22H17NO. The van der Waals surface area contributed by atoms with Gasteiger partial charge in [-0.3, -0.25) is 4.79 Å². The molecule has 2 aliphatic heterocycles. The maximum Gasteiger partial charge on any atom is 0.254 e. The van der Waals surface area contributed by atoms with Crippen LogP contribution in [0.25, 0.3) is 10.8 Å². The van der Waals surface area contributed by atoms with E-state index in [2.05, 4.69) is 55.1 Å². The Kier molecular flexibility index (Phi) is 2.72. The Hall–Kier alpha value is -2.87. The van der Waals surface area contributed by atoms with Gasteiger partial charge in [-0.2, -0.15) is 0 Å². The van der Waals surface area contributed by atoms with Crippen molar-refractivity contribution in [3.05, 3.63) is 90.0 Å². The molecular weight excluding hydrogens is 294 g/mol. The summed E-state index contributed by atoms with van der Waals surface area (Å²) in [7, 11) is 0. The lowest BCUT2D eigenvalue weighted by atomic mass is 9.86. The van der Waals surface area contributed by atoms with Crippen LogP contribution < -0.4 is 4.90 Å². The van der Waals surface area contributed by atoms with E-state index in [1.54, 1.807) is 0 Å². The van der Waals surface area contributed by atoms with E-state index in [4.69, 9.17) is 0 Å². The highest BCUT2D eigenvalue weighted by Gasteiger charge is 2.48. The number of nitrogens with zero attached hydrogens (tertiary/aromatic N) is 1. The molecule has 1 saturated heterocycles. The van der Waals surface area contributed by atoms with Gasteiger partial charge in [0.05, 0.1) is 6.04 Å². The molecule has 2 nitrogen and oxygen atoms in total. The zero-order valence-electron chi connectivity index (χ0n) is 13.3. The number of amides is 1. The third-order valence-corrected chi connectivity index (χ3v) is 5.40. The molecule has 2 heterocycles. The molecule has 3 aromatic rings. The summed E-state index contributed by atoms with van der Waals surface area (Å²) in [6, 6.07) is 23.2. The first-order chi connectivity index (χ1) is 11.7. The molecule has 0 unspecified atom stereocenters. The summed E-state index contributed by atoms with van der Waals surface area (Å²) < 4.78 is 0. The van der Waals surface area contributed by atoms with Crippen LogP contribution in [0.1, 0.15) is 17.0 Å². The standard InChI is InChI=1S/C22H17NO/c1-14-21(18-11-10-15-6-2-3-7-16(15)12-18)20-13-17-8-4-5-9-19(17)23(20)22(14)24/h2-12,20-21H,1,13H2/t20-,21-/m1/s1. The lowest BCUT2D eigenvalue weighted by Crippen LogP contribution is -2.31. The average molecular weight is 311 g/mol. The van der Waals surface area contributed by atoms with Crippen LogP contribution in [0.15, 0.2) is 78.9 Å². The molecule has 0 aromatic heterocycles. The van der Waals surface area contributed by atoms with Gasteiger partial charge in [-0.25, -0.2) is 0 Å². The molecule has 2 heteroatoms. The fourth-order valence-corrected chi connectivity index (χ4v) is 4.29. The van der Waals surface area contributed by atoms with Gasteiger partial charge < -0.3 is 4.90 Å². The molecule has 0 spiro atoms. The Labute approximate surface area is 141 Å². The molecule has 0 N–H and O–H groups in total. The quantitative estimate of drug-likeness (QED) is 0.608. The van der Waals surface area contributed by atoms with E-state index < -0.39 is 0 Å². The normalized spacial score (nSPS) is 22.1. The second kappa shape index (κ2) is 4.81. The van der Waals surface area contributed by atoms with Gasteiger partial charge in [0.1, 0.15) is 0 Å². The maximum absolute atomic E-state index is 12.8. The highest BCUT2D eigenvalue weighted by atomic mass is 16.2. The molecule has 1 amide bonds. The van der Waals surface area contributed by atoms with Crippen molar-refractivity contribution in [2.45, 2.75) is 18.4 Å². The number of hydrogen-bond donors (Lipinski definition) is 0. The van der Waals surface area contributed by atoms with Gasteiger partial charge in [-0.1, -0.05) is 67.2 Å². The monoisotopic (exact) mass is 311 g/mol. The summed E-state index contributed by atoms with van der Waals surface area (Å²) in [6.07, 6.45) is 0.901. The summed E-state index contributed by atoms with van der Waals surface area (Å²) in [5.74, 6) is 0.137. The summed E-state index contributed by atoms with van der Waals surface area (Å²) in [5.41, 5.74) is 4.21. The van der Waals surface area contributed by atoms with Crippen LogP contribution in [0.2, 0.25) is 0 Å². The van der Waals surface area contributed by atoms with Crippen molar-refractivity contribution in [1.29, 1.82) is 0 Å². The SMILES string of the molecule is C=C1C(=O)N2c3ccccc3C[C@@H]2[C@H]1c1ccc2ccccc2c1. The Balaban J connectivity index is 1.63. The van der Waals surface area contributed by atoms with Crippen LogP contribution in [0, 0.1) is 0 Å². The molecule has 24 heavy (non-hydrogen) atoms. The average Bonchev–Trinajstić information content (AvgIpc) is 3.10. The molecule has 1 fully saturated rings. The molecule has 2 atom stereocenters. The first-order valence-corrected chi connectivity index (χ1v) is 8.33. The number of hydrogen-bond acceptors (Lipinski definition) is 1. The predicted molar refractivity (Wildman–Crippen MR) is 97.2 cm³/mol. The van der Waals surface area contributed by atoms with Gasteiger partial charge in [-0.15, -0.1) is 0 Å². The highest BCUT2D eigenvalue weighted by molar-refractivity contribution is 6.11. The summed E-state index contributed by atoms with van der Waals surface area (Å²) in [6.45, 7) is 4.14. The third kappa shape index (κ3) is 1.74. The first kappa shape index (κ1) is 13.6. The van der Waals surface area contributed by atoms with E-state index in [0.717, 1.165) is 12.1 Å². The van der Waals surface area contributed by atoms with Crippen molar-refractivity contribution in [1.82, 2.24) is 0 Å². The van der Waals surface area contributed by atoms with Crippen molar-refractivity contribution in [3.63, 3.8) is 0 Å². The molecule has 0 aliphatic carbocycles. The number of fused-ring (bicyclic) bond motifs is 4. The van der Waals surface area contributed by atoms with E-state index >= 15 is 0 Å². The van der Waals surface area contributed by atoms with E-state index in [1.807, 2.05) is 23.1 Å². The molecule has 3 aromatic carbocycles. The number of benzene rings is 3. The van der Waals surface area contributed by atoms with Crippen LogP contribution in [0.3, 0.4) is 0 Å². The molecule has 0 bridgehead atoms. The number of rotatable bonds is 1. The van der Waals surface area contributed by atoms with E-state index in [0.29, 0.717) is 5.57 Å². The van der Waals surface area contributed by atoms with Gasteiger partial charge in [0.15, 0.2) is 0 Å². The highest BCUT2D eigenvalue weighted by Crippen LogP contribution is 2.47. The first-order valence-electron chi connectivity index (χ1n) is 8.33. The number of para-hydroxylation sites is 1. The summed E-state index contributed by atoms with van der Waals surface area (Å²) in [4.78, 5) is 14.8. The fraction of sp³-hybridized carbons (Fsp3) is 0.136. The van der Waals surface area contributed by atoms with Crippen molar-refractivity contribution in [2.75, 3.05) is 4.90 Å². The Bertz CT molecular complexity index is 1000. The molecule has 0 saturated carbocycles. The zero-order valence-corrected chi connectivity index (χ0v) is 13.3. The number of carbonyl (C=O) groups is 1. The largest absolute Gasteiger partial charge is 0.304 e. The second-order valence-corrected chi connectivity index (χ2v) is 6.68. The van der Waals surface area contributed by atoms with Crippen LogP contribution in [-0.2, 0) is 11.2 Å². The molecule has 0 radical (unpaired) electrons. The van der Waals surface area contributed by atoms with E-state index in [-0.39, 0.29) is 17.9 Å². The Morgan fingerprint density at radius 3 is 2.54 bits per heavy atom. The van der Waals surface area contributed by atoms with Gasteiger partial charge in [0, 0.05) is 17.2 Å². The van der Waals surface area contributed by atoms with Gasteiger partial charge in [-0.05, 0) is 34.4 Å².